The minimum atomic E-state index is -0.307. The Hall–Kier alpha value is -3.23. The second-order valence-corrected chi connectivity index (χ2v) is 8.58. The molecule has 1 fully saturated rings. The Balaban J connectivity index is 1.14. The van der Waals surface area contributed by atoms with Gasteiger partial charge in [-0.3, -0.25) is 14.7 Å². The van der Waals surface area contributed by atoms with E-state index in [0.29, 0.717) is 16.8 Å². The van der Waals surface area contributed by atoms with E-state index < -0.39 is 0 Å². The van der Waals surface area contributed by atoms with Crippen molar-refractivity contribution in [2.45, 2.75) is 25.4 Å². The first kappa shape index (κ1) is 20.7. The molecule has 0 atom stereocenters. The molecular weight excluding hydrogens is 425 g/mol. The van der Waals surface area contributed by atoms with Gasteiger partial charge in [-0.05, 0) is 54.8 Å². The van der Waals surface area contributed by atoms with Crippen molar-refractivity contribution in [3.8, 4) is 11.3 Å². The number of carbonyl (C=O) groups is 1. The third kappa shape index (κ3) is 4.66. The van der Waals surface area contributed by atoms with Crippen molar-refractivity contribution in [2.75, 3.05) is 13.1 Å². The predicted molar refractivity (Wildman–Crippen MR) is 123 cm³/mol. The maximum Gasteiger partial charge on any atom is 0.253 e. The largest absolute Gasteiger partial charge is 0.349 e. The number of halogens is 1. The van der Waals surface area contributed by atoms with Gasteiger partial charge in [0.1, 0.15) is 16.9 Å². The van der Waals surface area contributed by atoms with Crippen molar-refractivity contribution in [3.63, 3.8) is 0 Å². The monoisotopic (exact) mass is 447 g/mol. The average Bonchev–Trinajstić information content (AvgIpc) is 3.28. The number of aromatic nitrogens is 3. The van der Waals surface area contributed by atoms with Gasteiger partial charge in [0.25, 0.3) is 5.91 Å². The number of nitrogens with zero attached hydrogens (tertiary/aromatic N) is 4. The third-order valence-corrected chi connectivity index (χ3v) is 6.35. The second-order valence-electron chi connectivity index (χ2n) is 8.05. The number of pyridine rings is 1. The fourth-order valence-corrected chi connectivity index (χ4v) is 4.55. The number of likely N-dealkylation sites (tertiary alicyclic amines) is 1. The van der Waals surface area contributed by atoms with Crippen LogP contribution < -0.4 is 5.32 Å². The van der Waals surface area contributed by atoms with Crippen LogP contribution >= 0.6 is 11.7 Å². The number of carbonyl (C=O) groups excluding carboxylic acids is 1. The van der Waals surface area contributed by atoms with E-state index in [1.54, 1.807) is 30.5 Å². The number of piperidine rings is 1. The van der Waals surface area contributed by atoms with Gasteiger partial charge in [-0.25, -0.2) is 4.39 Å². The molecule has 0 radical (unpaired) electrons. The van der Waals surface area contributed by atoms with E-state index in [9.17, 15) is 9.18 Å². The molecule has 8 heteroatoms. The molecule has 32 heavy (non-hydrogen) atoms. The minimum Gasteiger partial charge on any atom is -0.349 e. The van der Waals surface area contributed by atoms with Crippen LogP contribution in [-0.4, -0.2) is 43.7 Å². The van der Waals surface area contributed by atoms with Crippen LogP contribution in [0.5, 0.6) is 0 Å². The quantitative estimate of drug-likeness (QED) is 0.494. The van der Waals surface area contributed by atoms with E-state index in [4.69, 9.17) is 0 Å². The lowest BCUT2D eigenvalue weighted by molar-refractivity contribution is 0.0908. The molecule has 0 saturated carbocycles. The fraction of sp³-hybridized carbons (Fsp3) is 0.250. The fourth-order valence-electron chi connectivity index (χ4n) is 4.04. The first-order chi connectivity index (χ1) is 15.6. The van der Waals surface area contributed by atoms with Crippen LogP contribution in [0.15, 0.2) is 60.8 Å². The lowest BCUT2D eigenvalue weighted by Gasteiger charge is -2.32. The summed E-state index contributed by atoms with van der Waals surface area (Å²) in [6.07, 6.45) is 3.36. The lowest BCUT2D eigenvalue weighted by atomic mass is 10.0. The van der Waals surface area contributed by atoms with E-state index in [1.165, 1.54) is 29.4 Å². The molecule has 0 aliphatic carbocycles. The topological polar surface area (TPSA) is 71.0 Å². The highest BCUT2D eigenvalue weighted by atomic mass is 32.1. The Morgan fingerprint density at radius 3 is 2.69 bits per heavy atom. The van der Waals surface area contributed by atoms with Crippen molar-refractivity contribution in [1.29, 1.82) is 0 Å². The highest BCUT2D eigenvalue weighted by Crippen LogP contribution is 2.20. The molecule has 1 amide bonds. The van der Waals surface area contributed by atoms with Crippen LogP contribution in [0.3, 0.4) is 0 Å². The number of nitrogens with one attached hydrogen (secondary N) is 1. The molecular formula is C24H22FN5OS. The molecule has 6 nitrogen and oxygen atoms in total. The van der Waals surface area contributed by atoms with E-state index in [1.807, 2.05) is 6.07 Å². The number of hydrogen-bond donors (Lipinski definition) is 1. The molecule has 3 heterocycles. The molecule has 5 rings (SSSR count). The Bertz CT molecular complexity index is 1230. The molecule has 1 aliphatic heterocycles. The number of rotatable bonds is 5. The summed E-state index contributed by atoms with van der Waals surface area (Å²) in [5.74, 6) is -0.429. The van der Waals surface area contributed by atoms with Crippen LogP contribution in [0.4, 0.5) is 4.39 Å². The SMILES string of the molecule is O=C(NC1CCN(Cc2ccc3nsnc3c2)CC1)c1ccc(-c2cccc(F)c2)nc1. The molecule has 1 aliphatic rings. The Morgan fingerprint density at radius 2 is 1.91 bits per heavy atom. The Labute approximate surface area is 189 Å². The molecule has 2 aromatic carbocycles. The third-order valence-electron chi connectivity index (χ3n) is 5.79. The summed E-state index contributed by atoms with van der Waals surface area (Å²) >= 11 is 1.24. The van der Waals surface area contributed by atoms with Gasteiger partial charge in [0, 0.05) is 37.4 Å². The molecule has 0 spiro atoms. The van der Waals surface area contributed by atoms with Crippen LogP contribution in [0.2, 0.25) is 0 Å². The minimum absolute atomic E-state index is 0.122. The summed E-state index contributed by atoms with van der Waals surface area (Å²) in [5, 5.41) is 3.13. The van der Waals surface area contributed by atoms with Crippen molar-refractivity contribution in [1.82, 2.24) is 23.9 Å². The predicted octanol–water partition coefficient (Wildman–Crippen LogP) is 4.29. The summed E-state index contributed by atoms with van der Waals surface area (Å²) in [6, 6.07) is 16.1. The van der Waals surface area contributed by atoms with Gasteiger partial charge in [0.05, 0.1) is 23.0 Å². The number of amides is 1. The van der Waals surface area contributed by atoms with E-state index >= 15 is 0 Å². The Morgan fingerprint density at radius 1 is 1.06 bits per heavy atom. The van der Waals surface area contributed by atoms with Gasteiger partial charge in [-0.2, -0.15) is 8.75 Å². The van der Waals surface area contributed by atoms with Crippen molar-refractivity contribution in [2.24, 2.45) is 0 Å². The van der Waals surface area contributed by atoms with Gasteiger partial charge < -0.3 is 5.32 Å². The molecule has 162 valence electrons. The zero-order valence-electron chi connectivity index (χ0n) is 17.4. The second kappa shape index (κ2) is 9.10. The normalized spacial score (nSPS) is 15.2. The van der Waals surface area contributed by atoms with E-state index in [2.05, 4.69) is 36.1 Å². The highest BCUT2D eigenvalue weighted by Gasteiger charge is 2.21. The molecule has 0 unspecified atom stereocenters. The molecule has 1 N–H and O–H groups in total. The van der Waals surface area contributed by atoms with Gasteiger partial charge in [-0.15, -0.1) is 0 Å². The summed E-state index contributed by atoms with van der Waals surface area (Å²) in [6.45, 7) is 2.73. The number of benzene rings is 2. The van der Waals surface area contributed by atoms with Crippen LogP contribution in [0, 0.1) is 5.82 Å². The van der Waals surface area contributed by atoms with E-state index in [-0.39, 0.29) is 17.8 Å². The summed E-state index contributed by atoms with van der Waals surface area (Å²) in [5.41, 5.74) is 4.97. The average molecular weight is 448 g/mol. The molecule has 4 aromatic rings. The first-order valence-electron chi connectivity index (χ1n) is 10.6. The summed E-state index contributed by atoms with van der Waals surface area (Å²) < 4.78 is 22.0. The van der Waals surface area contributed by atoms with Crippen LogP contribution in [-0.2, 0) is 6.54 Å². The molecule has 0 bridgehead atoms. The van der Waals surface area contributed by atoms with E-state index in [0.717, 1.165) is 43.5 Å². The summed E-state index contributed by atoms with van der Waals surface area (Å²) in [4.78, 5) is 19.4. The smallest absolute Gasteiger partial charge is 0.253 e. The molecule has 2 aromatic heterocycles. The maximum atomic E-state index is 13.4. The van der Waals surface area contributed by atoms with Crippen LogP contribution in [0.1, 0.15) is 28.8 Å². The Kier molecular flexibility index (Phi) is 5.87. The van der Waals surface area contributed by atoms with Gasteiger partial charge in [0.2, 0.25) is 0 Å². The maximum absolute atomic E-state index is 13.4. The van der Waals surface area contributed by atoms with Crippen LogP contribution in [0.25, 0.3) is 22.3 Å². The molecule has 1 saturated heterocycles. The lowest BCUT2D eigenvalue weighted by Crippen LogP contribution is -2.44. The van der Waals surface area contributed by atoms with Crippen molar-refractivity contribution < 1.29 is 9.18 Å². The van der Waals surface area contributed by atoms with Gasteiger partial charge >= 0.3 is 0 Å². The summed E-state index contributed by atoms with van der Waals surface area (Å²) in [7, 11) is 0. The van der Waals surface area contributed by atoms with Gasteiger partial charge in [-0.1, -0.05) is 18.2 Å². The first-order valence-corrected chi connectivity index (χ1v) is 11.3. The zero-order chi connectivity index (χ0) is 21.9. The zero-order valence-corrected chi connectivity index (χ0v) is 18.2. The van der Waals surface area contributed by atoms with Crippen molar-refractivity contribution >= 4 is 28.7 Å². The van der Waals surface area contributed by atoms with Crippen molar-refractivity contribution in [3.05, 3.63) is 77.7 Å². The van der Waals surface area contributed by atoms with Gasteiger partial charge in [0.15, 0.2) is 0 Å². The standard InChI is InChI=1S/C24H22FN5OS/c25-19-3-1-2-17(13-19)21-7-5-18(14-26-21)24(31)27-20-8-10-30(11-9-20)15-16-4-6-22-23(12-16)29-32-28-22/h1-7,12-14,20H,8-11,15H2,(H,27,31). The number of hydrogen-bond acceptors (Lipinski definition) is 6. The highest BCUT2D eigenvalue weighted by molar-refractivity contribution is 7.00. The number of fused-ring (bicyclic) bond motifs is 1.